The van der Waals surface area contributed by atoms with E-state index in [0.717, 1.165) is 41.1 Å². The minimum atomic E-state index is -4.68. The van der Waals surface area contributed by atoms with Gasteiger partial charge in [-0.3, -0.25) is 14.4 Å². The molecule has 1 heterocycles. The van der Waals surface area contributed by atoms with Crippen molar-refractivity contribution in [2.24, 2.45) is 7.05 Å². The molecule has 0 saturated carbocycles. The summed E-state index contributed by atoms with van der Waals surface area (Å²) >= 11 is 0. The number of hydrogen-bond donors (Lipinski definition) is 0. The van der Waals surface area contributed by atoms with E-state index in [2.05, 4.69) is 5.10 Å². The van der Waals surface area contributed by atoms with E-state index in [4.69, 9.17) is 0 Å². The van der Waals surface area contributed by atoms with Crippen molar-refractivity contribution < 1.29 is 31.1 Å². The zero-order valence-corrected chi connectivity index (χ0v) is 14.1. The molecule has 1 amide bonds. The predicted molar refractivity (Wildman–Crippen MR) is 88.2 cm³/mol. The highest BCUT2D eigenvalue weighted by Gasteiger charge is 2.34. The molecule has 3 rings (SSSR count). The number of halogens is 6. The zero-order valence-electron chi connectivity index (χ0n) is 14.1. The summed E-state index contributed by atoms with van der Waals surface area (Å²) in [7, 11) is 1.25. The van der Waals surface area contributed by atoms with Crippen LogP contribution < -0.4 is 4.90 Å². The summed E-state index contributed by atoms with van der Waals surface area (Å²) in [6, 6.07) is 6.71. The summed E-state index contributed by atoms with van der Waals surface area (Å²) in [5.74, 6) is -3.24. The second-order valence-electron chi connectivity index (χ2n) is 5.75. The number of para-hydroxylation sites is 1. The van der Waals surface area contributed by atoms with Crippen molar-refractivity contribution in [2.45, 2.75) is 6.18 Å². The van der Waals surface area contributed by atoms with E-state index in [0.29, 0.717) is 4.90 Å². The Morgan fingerprint density at radius 2 is 1.64 bits per heavy atom. The average molecular weight is 399 g/mol. The van der Waals surface area contributed by atoms with E-state index in [-0.39, 0.29) is 17.7 Å². The number of aryl methyl sites for hydroxylation is 1. The first-order valence-electron chi connectivity index (χ1n) is 7.73. The standard InChI is InChI=1S/C18H11F6N3O/c1-26-15(8-16(25-26)18(22,23)24)10-5-6-14(13(21)7-10)27(9-28)17-11(19)3-2-4-12(17)20/h2-9H,1H3. The first-order valence-corrected chi connectivity index (χ1v) is 7.73. The maximum atomic E-state index is 14.6. The van der Waals surface area contributed by atoms with Gasteiger partial charge in [0.15, 0.2) is 5.69 Å². The van der Waals surface area contributed by atoms with Crippen LogP contribution in [0.15, 0.2) is 42.5 Å². The number of rotatable bonds is 4. The van der Waals surface area contributed by atoms with Gasteiger partial charge in [-0.2, -0.15) is 18.3 Å². The summed E-state index contributed by atoms with van der Waals surface area (Å²) in [6.07, 6.45) is -4.64. The summed E-state index contributed by atoms with van der Waals surface area (Å²) in [6.45, 7) is 0. The van der Waals surface area contributed by atoms with E-state index in [1.807, 2.05) is 0 Å². The maximum Gasteiger partial charge on any atom is 0.435 e. The highest BCUT2D eigenvalue weighted by atomic mass is 19.4. The number of aromatic nitrogens is 2. The number of alkyl halides is 3. The van der Waals surface area contributed by atoms with Crippen LogP contribution in [0.5, 0.6) is 0 Å². The SMILES string of the molecule is Cn1nc(C(F)(F)F)cc1-c1ccc(N(C=O)c2c(F)cccc2F)c(F)c1. The molecule has 0 atom stereocenters. The summed E-state index contributed by atoms with van der Waals surface area (Å²) in [5.41, 5.74) is -2.40. The van der Waals surface area contributed by atoms with Crippen LogP contribution in [-0.2, 0) is 18.0 Å². The van der Waals surface area contributed by atoms with Gasteiger partial charge in [0, 0.05) is 12.6 Å². The first kappa shape index (κ1) is 19.5. The quantitative estimate of drug-likeness (QED) is 0.466. The molecule has 2 aromatic carbocycles. The Labute approximate surface area is 154 Å². The summed E-state index contributed by atoms with van der Waals surface area (Å²) < 4.78 is 81.8. The summed E-state index contributed by atoms with van der Waals surface area (Å²) in [4.78, 5) is 11.8. The third kappa shape index (κ3) is 3.45. The Kier molecular flexibility index (Phi) is 4.88. The normalized spacial score (nSPS) is 11.5. The van der Waals surface area contributed by atoms with Crippen molar-refractivity contribution in [1.82, 2.24) is 9.78 Å². The molecule has 4 nitrogen and oxygen atoms in total. The van der Waals surface area contributed by atoms with Gasteiger partial charge < -0.3 is 0 Å². The molecule has 0 fully saturated rings. The molecular weight excluding hydrogens is 388 g/mol. The van der Waals surface area contributed by atoms with Crippen molar-refractivity contribution >= 4 is 17.8 Å². The molecule has 0 bridgehead atoms. The fourth-order valence-electron chi connectivity index (χ4n) is 2.69. The van der Waals surface area contributed by atoms with Crippen molar-refractivity contribution in [3.05, 3.63) is 65.6 Å². The van der Waals surface area contributed by atoms with Crippen LogP contribution in [-0.4, -0.2) is 16.2 Å². The van der Waals surface area contributed by atoms with E-state index >= 15 is 0 Å². The van der Waals surface area contributed by atoms with Crippen LogP contribution in [0.1, 0.15) is 5.69 Å². The molecule has 0 aliphatic heterocycles. The van der Waals surface area contributed by atoms with Gasteiger partial charge in [-0.05, 0) is 30.3 Å². The van der Waals surface area contributed by atoms with Gasteiger partial charge in [-0.1, -0.05) is 12.1 Å². The van der Waals surface area contributed by atoms with Gasteiger partial charge in [0.25, 0.3) is 0 Å². The third-order valence-electron chi connectivity index (χ3n) is 3.96. The fraction of sp³-hybridized carbons (Fsp3) is 0.111. The highest BCUT2D eigenvalue weighted by Crippen LogP contribution is 2.35. The molecule has 28 heavy (non-hydrogen) atoms. The van der Waals surface area contributed by atoms with Crippen LogP contribution in [0.3, 0.4) is 0 Å². The Bertz CT molecular complexity index is 1020. The number of benzene rings is 2. The van der Waals surface area contributed by atoms with E-state index in [9.17, 15) is 31.1 Å². The largest absolute Gasteiger partial charge is 0.435 e. The van der Waals surface area contributed by atoms with Gasteiger partial charge in [-0.25, -0.2) is 13.2 Å². The van der Waals surface area contributed by atoms with E-state index in [1.165, 1.54) is 13.1 Å². The molecule has 10 heteroatoms. The Balaban J connectivity index is 2.06. The van der Waals surface area contributed by atoms with Crippen molar-refractivity contribution in [2.75, 3.05) is 4.90 Å². The lowest BCUT2D eigenvalue weighted by molar-refractivity contribution is -0.141. The lowest BCUT2D eigenvalue weighted by Gasteiger charge is -2.20. The molecule has 146 valence electrons. The van der Waals surface area contributed by atoms with E-state index in [1.54, 1.807) is 0 Å². The Morgan fingerprint density at radius 1 is 1.00 bits per heavy atom. The molecule has 0 unspecified atom stereocenters. The number of amides is 1. The van der Waals surface area contributed by atoms with Crippen LogP contribution in [0.2, 0.25) is 0 Å². The average Bonchev–Trinajstić information content (AvgIpc) is 3.01. The number of carbonyl (C=O) groups excluding carboxylic acids is 1. The van der Waals surface area contributed by atoms with Gasteiger partial charge >= 0.3 is 6.18 Å². The predicted octanol–water partition coefficient (Wildman–Crippen LogP) is 4.82. The summed E-state index contributed by atoms with van der Waals surface area (Å²) in [5, 5.41) is 3.34. The molecule has 0 spiro atoms. The van der Waals surface area contributed by atoms with Crippen molar-refractivity contribution in [1.29, 1.82) is 0 Å². The third-order valence-corrected chi connectivity index (χ3v) is 3.96. The second kappa shape index (κ2) is 7.02. The van der Waals surface area contributed by atoms with Gasteiger partial charge in [0.2, 0.25) is 6.41 Å². The molecule has 0 radical (unpaired) electrons. The Morgan fingerprint density at radius 3 is 2.14 bits per heavy atom. The van der Waals surface area contributed by atoms with E-state index < -0.39 is 40.7 Å². The highest BCUT2D eigenvalue weighted by molar-refractivity contribution is 5.87. The maximum absolute atomic E-state index is 14.6. The fourth-order valence-corrected chi connectivity index (χ4v) is 2.69. The number of nitrogens with zero attached hydrogens (tertiary/aromatic N) is 3. The van der Waals surface area contributed by atoms with Crippen molar-refractivity contribution in [3.63, 3.8) is 0 Å². The van der Waals surface area contributed by atoms with Gasteiger partial charge in [-0.15, -0.1) is 0 Å². The first-order chi connectivity index (χ1) is 13.1. The topological polar surface area (TPSA) is 38.1 Å². The van der Waals surface area contributed by atoms with Gasteiger partial charge in [0.1, 0.15) is 23.1 Å². The van der Waals surface area contributed by atoms with Crippen LogP contribution in [0.25, 0.3) is 11.3 Å². The molecule has 0 N–H and O–H groups in total. The molecule has 0 aliphatic carbocycles. The van der Waals surface area contributed by atoms with Crippen LogP contribution in [0.4, 0.5) is 37.7 Å². The molecule has 1 aromatic heterocycles. The van der Waals surface area contributed by atoms with Crippen molar-refractivity contribution in [3.8, 4) is 11.3 Å². The molecular formula is C18H11F6N3O. The number of anilines is 2. The Hall–Kier alpha value is -3.30. The minimum absolute atomic E-state index is 0.0331. The lowest BCUT2D eigenvalue weighted by atomic mass is 10.1. The minimum Gasteiger partial charge on any atom is -0.278 e. The van der Waals surface area contributed by atoms with Crippen LogP contribution in [0, 0.1) is 17.5 Å². The molecule has 0 aliphatic rings. The van der Waals surface area contributed by atoms with Crippen LogP contribution >= 0.6 is 0 Å². The number of carbonyl (C=O) groups is 1. The number of hydrogen-bond acceptors (Lipinski definition) is 2. The monoisotopic (exact) mass is 399 g/mol. The lowest BCUT2D eigenvalue weighted by Crippen LogP contribution is -2.18. The smallest absolute Gasteiger partial charge is 0.278 e. The second-order valence-corrected chi connectivity index (χ2v) is 5.75. The molecule has 0 saturated heterocycles. The molecule has 3 aromatic rings. The zero-order chi connectivity index (χ0) is 20.6. The van der Waals surface area contributed by atoms with Gasteiger partial charge in [0.05, 0.1) is 11.4 Å².